The minimum Gasteiger partial charge on any atom is -0.350 e. The Morgan fingerprint density at radius 3 is 2.12 bits per heavy atom. The van der Waals surface area contributed by atoms with Crippen molar-refractivity contribution in [1.82, 2.24) is 20.4 Å². The van der Waals surface area contributed by atoms with Crippen LogP contribution in [0.1, 0.15) is 31.8 Å². The molecule has 4 aromatic rings. The van der Waals surface area contributed by atoms with Gasteiger partial charge < -0.3 is 10.6 Å². The zero-order chi connectivity index (χ0) is 23.2. The number of para-hydroxylation sites is 1. The first-order chi connectivity index (χ1) is 16.0. The molecule has 6 heteroatoms. The largest absolute Gasteiger partial charge is 0.350 e. The second-order valence-electron chi connectivity index (χ2n) is 7.87. The van der Waals surface area contributed by atoms with Crippen molar-refractivity contribution in [2.75, 3.05) is 13.1 Å². The molecule has 4 rings (SSSR count). The van der Waals surface area contributed by atoms with Crippen LogP contribution in [0.25, 0.3) is 16.9 Å². The lowest BCUT2D eigenvalue weighted by Gasteiger charge is -2.09. The predicted octanol–water partition coefficient (Wildman–Crippen LogP) is 4.32. The number of hydrogen-bond acceptors (Lipinski definition) is 3. The fourth-order valence-corrected chi connectivity index (χ4v) is 3.67. The summed E-state index contributed by atoms with van der Waals surface area (Å²) in [5.74, 6) is -0.404. The van der Waals surface area contributed by atoms with Crippen LogP contribution in [0.5, 0.6) is 0 Å². The number of nitrogens with zero attached hydrogens (tertiary/aromatic N) is 2. The van der Waals surface area contributed by atoms with Gasteiger partial charge in [-0.25, -0.2) is 4.68 Å². The molecule has 0 atom stereocenters. The second-order valence-corrected chi connectivity index (χ2v) is 7.87. The fraction of sp³-hybridized carbons (Fsp3) is 0.148. The van der Waals surface area contributed by atoms with Crippen LogP contribution < -0.4 is 10.6 Å². The summed E-state index contributed by atoms with van der Waals surface area (Å²) in [5.41, 5.74) is 5.69. The van der Waals surface area contributed by atoms with Crippen molar-refractivity contribution in [1.29, 1.82) is 0 Å². The van der Waals surface area contributed by atoms with Gasteiger partial charge in [0, 0.05) is 30.4 Å². The van der Waals surface area contributed by atoms with Crippen molar-refractivity contribution in [3.05, 3.63) is 107 Å². The topological polar surface area (TPSA) is 76.0 Å². The van der Waals surface area contributed by atoms with E-state index in [-0.39, 0.29) is 11.8 Å². The molecule has 2 amide bonds. The van der Waals surface area contributed by atoms with Crippen LogP contribution in [-0.2, 0) is 0 Å². The average Bonchev–Trinajstić information content (AvgIpc) is 3.28. The highest BCUT2D eigenvalue weighted by Crippen LogP contribution is 2.27. The van der Waals surface area contributed by atoms with Crippen LogP contribution in [0.2, 0.25) is 0 Å². The number of amides is 2. The van der Waals surface area contributed by atoms with E-state index in [1.807, 2.05) is 74.5 Å². The summed E-state index contributed by atoms with van der Waals surface area (Å²) in [7, 11) is 0. The Bertz CT molecular complexity index is 1260. The van der Waals surface area contributed by atoms with E-state index in [0.717, 1.165) is 22.4 Å². The number of aryl methyl sites for hydroxylation is 2. The number of carbonyl (C=O) groups excluding carboxylic acids is 2. The highest BCUT2D eigenvalue weighted by molar-refractivity contribution is 6.00. The molecule has 0 spiro atoms. The molecule has 0 radical (unpaired) electrons. The van der Waals surface area contributed by atoms with E-state index in [4.69, 9.17) is 5.10 Å². The zero-order valence-electron chi connectivity index (χ0n) is 18.7. The molecular formula is C27H26N4O2. The molecule has 0 saturated carbocycles. The van der Waals surface area contributed by atoms with E-state index in [9.17, 15) is 9.59 Å². The van der Waals surface area contributed by atoms with Crippen LogP contribution in [0.3, 0.4) is 0 Å². The van der Waals surface area contributed by atoms with Crippen LogP contribution in [0, 0.1) is 13.8 Å². The van der Waals surface area contributed by atoms with E-state index in [1.54, 1.807) is 23.0 Å². The van der Waals surface area contributed by atoms with Gasteiger partial charge in [0.15, 0.2) is 0 Å². The third-order valence-corrected chi connectivity index (χ3v) is 5.35. The van der Waals surface area contributed by atoms with Crippen molar-refractivity contribution in [3.63, 3.8) is 0 Å². The smallest absolute Gasteiger partial charge is 0.255 e. The monoisotopic (exact) mass is 438 g/mol. The predicted molar refractivity (Wildman–Crippen MR) is 130 cm³/mol. The zero-order valence-corrected chi connectivity index (χ0v) is 18.7. The molecular weight excluding hydrogens is 412 g/mol. The molecule has 0 aliphatic heterocycles. The first-order valence-corrected chi connectivity index (χ1v) is 10.9. The number of rotatable bonds is 7. The minimum atomic E-state index is -0.235. The second kappa shape index (κ2) is 9.96. The van der Waals surface area contributed by atoms with Crippen LogP contribution >= 0.6 is 0 Å². The third kappa shape index (κ3) is 5.18. The SMILES string of the molecule is Cc1ccc(-c2nn(-c3ccccc3)cc2C(=O)NCCNC(=O)c2ccccc2)c(C)c1. The molecule has 0 unspecified atom stereocenters. The molecule has 2 N–H and O–H groups in total. The van der Waals surface area contributed by atoms with Gasteiger partial charge in [0.05, 0.1) is 11.3 Å². The Kier molecular flexibility index (Phi) is 6.64. The lowest BCUT2D eigenvalue weighted by atomic mass is 10.0. The maximum absolute atomic E-state index is 13.1. The molecule has 1 aromatic heterocycles. The Hall–Kier alpha value is -4.19. The van der Waals surface area contributed by atoms with Gasteiger partial charge >= 0.3 is 0 Å². The van der Waals surface area contributed by atoms with Crippen molar-refractivity contribution >= 4 is 11.8 Å². The van der Waals surface area contributed by atoms with Crippen molar-refractivity contribution in [2.45, 2.75) is 13.8 Å². The lowest BCUT2D eigenvalue weighted by Crippen LogP contribution is -2.34. The van der Waals surface area contributed by atoms with E-state index in [1.165, 1.54) is 0 Å². The standard InChI is InChI=1S/C27H26N4O2/c1-19-13-14-23(20(2)17-19)25-24(18-31(30-25)22-11-7-4-8-12-22)27(33)29-16-15-28-26(32)21-9-5-3-6-10-21/h3-14,17-18H,15-16H2,1-2H3,(H,28,32)(H,29,33). The summed E-state index contributed by atoms with van der Waals surface area (Å²) >= 11 is 0. The molecule has 0 fully saturated rings. The summed E-state index contributed by atoms with van der Waals surface area (Å²) in [6.07, 6.45) is 1.75. The maximum atomic E-state index is 13.1. The Labute approximate surface area is 193 Å². The molecule has 6 nitrogen and oxygen atoms in total. The number of carbonyl (C=O) groups is 2. The highest BCUT2D eigenvalue weighted by atomic mass is 16.2. The maximum Gasteiger partial charge on any atom is 0.255 e. The first kappa shape index (κ1) is 22.0. The van der Waals surface area contributed by atoms with Gasteiger partial charge in [-0.15, -0.1) is 0 Å². The third-order valence-electron chi connectivity index (χ3n) is 5.35. The van der Waals surface area contributed by atoms with Gasteiger partial charge in [-0.2, -0.15) is 5.10 Å². The molecule has 0 aliphatic rings. The Balaban J connectivity index is 1.52. The average molecular weight is 439 g/mol. The first-order valence-electron chi connectivity index (χ1n) is 10.9. The van der Waals surface area contributed by atoms with Crippen LogP contribution in [0.15, 0.2) is 85.1 Å². The number of nitrogens with one attached hydrogen (secondary N) is 2. The Morgan fingerprint density at radius 2 is 1.45 bits per heavy atom. The van der Waals surface area contributed by atoms with Crippen molar-refractivity contribution in [2.24, 2.45) is 0 Å². The van der Waals surface area contributed by atoms with Crippen LogP contribution in [0.4, 0.5) is 0 Å². The van der Waals surface area contributed by atoms with Gasteiger partial charge in [0.2, 0.25) is 0 Å². The van der Waals surface area contributed by atoms with Crippen molar-refractivity contribution in [3.8, 4) is 16.9 Å². The molecule has 0 bridgehead atoms. The quantitative estimate of drug-likeness (QED) is 0.422. The van der Waals surface area contributed by atoms with Gasteiger partial charge in [-0.1, -0.05) is 60.2 Å². The lowest BCUT2D eigenvalue weighted by molar-refractivity contribution is 0.0928. The summed E-state index contributed by atoms with van der Waals surface area (Å²) in [5, 5.41) is 10.5. The number of benzene rings is 3. The van der Waals surface area contributed by atoms with Crippen LogP contribution in [-0.4, -0.2) is 34.7 Å². The summed E-state index contributed by atoms with van der Waals surface area (Å²) < 4.78 is 1.72. The summed E-state index contributed by atoms with van der Waals surface area (Å²) in [4.78, 5) is 25.3. The summed E-state index contributed by atoms with van der Waals surface area (Å²) in [6, 6.07) is 24.8. The van der Waals surface area contributed by atoms with Gasteiger partial charge in [-0.3, -0.25) is 9.59 Å². The normalized spacial score (nSPS) is 10.6. The molecule has 0 saturated heterocycles. The van der Waals surface area contributed by atoms with E-state index >= 15 is 0 Å². The van der Waals surface area contributed by atoms with E-state index in [2.05, 4.69) is 16.7 Å². The molecule has 0 aliphatic carbocycles. The van der Waals surface area contributed by atoms with Crippen molar-refractivity contribution < 1.29 is 9.59 Å². The van der Waals surface area contributed by atoms with E-state index < -0.39 is 0 Å². The number of aromatic nitrogens is 2. The molecule has 1 heterocycles. The number of hydrogen-bond donors (Lipinski definition) is 2. The minimum absolute atomic E-state index is 0.169. The Morgan fingerprint density at radius 1 is 0.818 bits per heavy atom. The summed E-state index contributed by atoms with van der Waals surface area (Å²) in [6.45, 7) is 4.69. The molecule has 33 heavy (non-hydrogen) atoms. The molecule has 3 aromatic carbocycles. The van der Waals surface area contributed by atoms with Gasteiger partial charge in [0.1, 0.15) is 5.69 Å². The molecule has 166 valence electrons. The van der Waals surface area contributed by atoms with E-state index in [0.29, 0.717) is 29.9 Å². The van der Waals surface area contributed by atoms with Gasteiger partial charge in [-0.05, 0) is 43.7 Å². The van der Waals surface area contributed by atoms with Gasteiger partial charge in [0.25, 0.3) is 11.8 Å². The highest BCUT2D eigenvalue weighted by Gasteiger charge is 2.20. The fourth-order valence-electron chi connectivity index (χ4n) is 3.67.